The summed E-state index contributed by atoms with van der Waals surface area (Å²) in [6, 6.07) is -0.853. The Morgan fingerprint density at radius 3 is 2.54 bits per heavy atom. The van der Waals surface area contributed by atoms with Gasteiger partial charge in [0.15, 0.2) is 0 Å². The van der Waals surface area contributed by atoms with Gasteiger partial charge in [0.1, 0.15) is 13.1 Å². The Morgan fingerprint density at radius 2 is 1.88 bits per heavy atom. The lowest BCUT2D eigenvalue weighted by Gasteiger charge is -2.30. The second kappa shape index (κ2) is 6.98. The van der Waals surface area contributed by atoms with Gasteiger partial charge in [-0.15, -0.1) is 0 Å². The molecule has 0 N–H and O–H groups in total. The predicted molar refractivity (Wildman–Crippen MR) is 89.5 cm³/mol. The summed E-state index contributed by atoms with van der Waals surface area (Å²) in [6.45, 7) is 3.92. The van der Waals surface area contributed by atoms with E-state index in [0.717, 1.165) is 18.9 Å². The number of likely N-dealkylation sites (tertiary alicyclic amines) is 1. The minimum atomic E-state index is -0.521. The molecule has 1 unspecified atom stereocenters. The highest BCUT2D eigenvalue weighted by Crippen LogP contribution is 2.20. The van der Waals surface area contributed by atoms with E-state index in [1.165, 1.54) is 36.1 Å². The molecule has 3 aliphatic rings. The lowest BCUT2D eigenvalue weighted by Crippen LogP contribution is -2.61. The van der Waals surface area contributed by atoms with E-state index >= 15 is 0 Å². The molecule has 0 spiro atoms. The van der Waals surface area contributed by atoms with Crippen molar-refractivity contribution in [3.8, 4) is 0 Å². The van der Waals surface area contributed by atoms with Crippen LogP contribution in [0.4, 0.5) is 4.79 Å². The van der Waals surface area contributed by atoms with Gasteiger partial charge in [0.05, 0.1) is 6.61 Å². The van der Waals surface area contributed by atoms with Crippen LogP contribution in [0.15, 0.2) is 4.99 Å². The number of nitrogens with zero attached hydrogens (tertiary/aromatic N) is 5. The van der Waals surface area contributed by atoms with Gasteiger partial charge in [-0.3, -0.25) is 19.5 Å². The zero-order chi connectivity index (χ0) is 17.3. The van der Waals surface area contributed by atoms with Crippen LogP contribution in [-0.2, 0) is 9.53 Å². The maximum Gasteiger partial charge on any atom is 0.333 e. The van der Waals surface area contributed by atoms with Crippen LogP contribution >= 0.6 is 0 Å². The third kappa shape index (κ3) is 2.95. The van der Waals surface area contributed by atoms with Crippen molar-refractivity contribution in [1.82, 2.24) is 14.7 Å². The number of amidine groups is 2. The van der Waals surface area contributed by atoms with Gasteiger partial charge in [-0.2, -0.15) is 0 Å². The maximum atomic E-state index is 12.7. The van der Waals surface area contributed by atoms with E-state index in [4.69, 9.17) is 4.74 Å². The lowest BCUT2D eigenvalue weighted by atomic mass is 10.1. The molecular weight excluding hydrogens is 310 g/mol. The predicted octanol–water partition coefficient (Wildman–Crippen LogP) is -0.166. The van der Waals surface area contributed by atoms with Crippen LogP contribution in [0, 0.1) is 0 Å². The van der Waals surface area contributed by atoms with E-state index in [0.29, 0.717) is 25.5 Å². The molecule has 1 atom stereocenters. The number of fused-ring (bicyclic) bond motifs is 1. The molecule has 3 aliphatic heterocycles. The van der Waals surface area contributed by atoms with Crippen molar-refractivity contribution in [2.24, 2.45) is 4.99 Å². The van der Waals surface area contributed by atoms with Gasteiger partial charge in [-0.1, -0.05) is 6.42 Å². The van der Waals surface area contributed by atoms with Gasteiger partial charge < -0.3 is 4.74 Å². The van der Waals surface area contributed by atoms with Crippen LogP contribution in [-0.4, -0.2) is 103 Å². The van der Waals surface area contributed by atoms with Crippen LogP contribution < -0.4 is 0 Å². The van der Waals surface area contributed by atoms with Crippen molar-refractivity contribution >= 4 is 23.6 Å². The molecule has 0 saturated carbocycles. The Kier molecular flexibility index (Phi) is 4.96. The fourth-order valence-electron chi connectivity index (χ4n) is 3.54. The van der Waals surface area contributed by atoms with Crippen LogP contribution in [0.5, 0.6) is 0 Å². The van der Waals surface area contributed by atoms with E-state index in [1.54, 1.807) is 14.2 Å². The van der Waals surface area contributed by atoms with Gasteiger partial charge in [0, 0.05) is 21.2 Å². The van der Waals surface area contributed by atoms with E-state index in [2.05, 4.69) is 9.89 Å². The van der Waals surface area contributed by atoms with E-state index < -0.39 is 6.04 Å². The van der Waals surface area contributed by atoms with Crippen molar-refractivity contribution in [2.45, 2.75) is 25.3 Å². The molecule has 132 valence electrons. The molecule has 3 rings (SSSR count). The number of rotatable bonds is 5. The summed E-state index contributed by atoms with van der Waals surface area (Å²) in [5.74, 6) is 1.17. The molecule has 0 aromatic rings. The Hall–Kier alpha value is -1.80. The standard InChI is InChI=1S/C16H26N5O3/c1-18-14-13(15(22)19(2)16(18)23)21(9-10-24-3)12(17-14)11-20-7-5-4-6-8-20/h13H,4-11H2,1-3H3/q+1. The number of likely N-dealkylation sites (N-methyl/N-ethyl adjacent to an activating group) is 2. The Labute approximate surface area is 142 Å². The number of urea groups is 1. The summed E-state index contributed by atoms with van der Waals surface area (Å²) in [6.07, 6.45) is 3.67. The van der Waals surface area contributed by atoms with Gasteiger partial charge in [-0.05, 0) is 30.9 Å². The van der Waals surface area contributed by atoms with Gasteiger partial charge >= 0.3 is 11.9 Å². The number of imide groups is 1. The number of carbonyl (C=O) groups excluding carboxylic acids is 2. The number of amides is 3. The van der Waals surface area contributed by atoms with E-state index in [1.807, 2.05) is 4.58 Å². The third-order valence-corrected chi connectivity index (χ3v) is 4.96. The number of hydrogen-bond acceptors (Lipinski definition) is 5. The minimum Gasteiger partial charge on any atom is -0.381 e. The SMILES string of the molecule is COCC[N+]1=C(CN2CCCCC2)N=C2C1C(=O)N(C)C(=O)N2C. The average Bonchev–Trinajstić information content (AvgIpc) is 2.95. The Morgan fingerprint density at radius 1 is 1.17 bits per heavy atom. The molecular formula is C16H26N5O3+. The number of hydrogen-bond donors (Lipinski definition) is 0. The fourth-order valence-corrected chi connectivity index (χ4v) is 3.54. The molecule has 3 amide bonds. The van der Waals surface area contributed by atoms with Crippen LogP contribution in [0.25, 0.3) is 0 Å². The number of carbonyl (C=O) groups is 2. The summed E-state index contributed by atoms with van der Waals surface area (Å²) in [5, 5.41) is 0. The molecule has 0 aromatic heterocycles. The molecule has 0 aliphatic carbocycles. The zero-order valence-electron chi connectivity index (χ0n) is 14.7. The molecule has 0 aromatic carbocycles. The molecule has 3 heterocycles. The summed E-state index contributed by atoms with van der Waals surface area (Å²) < 4.78 is 7.20. The maximum absolute atomic E-state index is 12.7. The summed E-state index contributed by atoms with van der Waals surface area (Å²) in [7, 11) is 4.84. The molecule has 8 heteroatoms. The molecule has 24 heavy (non-hydrogen) atoms. The normalized spacial score (nSPS) is 25.5. The molecule has 0 radical (unpaired) electrons. The number of ether oxygens (including phenoxy) is 1. The highest BCUT2D eigenvalue weighted by atomic mass is 16.5. The minimum absolute atomic E-state index is 0.221. The molecule has 2 saturated heterocycles. The van der Waals surface area contributed by atoms with Crippen molar-refractivity contribution < 1.29 is 18.9 Å². The summed E-state index contributed by atoms with van der Waals surface area (Å²) in [5.41, 5.74) is 0. The van der Waals surface area contributed by atoms with Crippen molar-refractivity contribution in [3.63, 3.8) is 0 Å². The molecule has 0 bridgehead atoms. The number of piperidine rings is 1. The second-order valence-electron chi connectivity index (χ2n) is 6.55. The van der Waals surface area contributed by atoms with E-state index in [-0.39, 0.29) is 11.9 Å². The Balaban J connectivity index is 1.89. The topological polar surface area (TPSA) is 68.5 Å². The highest BCUT2D eigenvalue weighted by Gasteiger charge is 2.52. The van der Waals surface area contributed by atoms with Gasteiger partial charge in [-0.25, -0.2) is 9.37 Å². The monoisotopic (exact) mass is 336 g/mol. The lowest BCUT2D eigenvalue weighted by molar-refractivity contribution is -0.538. The first-order valence-corrected chi connectivity index (χ1v) is 8.52. The third-order valence-electron chi connectivity index (χ3n) is 4.96. The summed E-state index contributed by atoms with van der Waals surface area (Å²) in [4.78, 5) is 34.5. The van der Waals surface area contributed by atoms with Crippen LogP contribution in [0.1, 0.15) is 19.3 Å². The zero-order valence-corrected chi connectivity index (χ0v) is 14.7. The van der Waals surface area contributed by atoms with Crippen molar-refractivity contribution in [1.29, 1.82) is 0 Å². The van der Waals surface area contributed by atoms with Crippen LogP contribution in [0.2, 0.25) is 0 Å². The first-order chi connectivity index (χ1) is 11.5. The quantitative estimate of drug-likeness (QED) is 0.654. The Bertz CT molecular complexity index is 595. The van der Waals surface area contributed by atoms with Crippen LogP contribution in [0.3, 0.4) is 0 Å². The smallest absolute Gasteiger partial charge is 0.333 e. The first-order valence-electron chi connectivity index (χ1n) is 8.52. The van der Waals surface area contributed by atoms with E-state index in [9.17, 15) is 9.59 Å². The fraction of sp³-hybridized carbons (Fsp3) is 0.750. The second-order valence-corrected chi connectivity index (χ2v) is 6.55. The number of methoxy groups -OCH3 is 1. The first kappa shape index (κ1) is 17.0. The molecule has 8 nitrogen and oxygen atoms in total. The summed E-state index contributed by atoms with van der Waals surface area (Å²) >= 11 is 0. The number of aliphatic imine (C=N–C) groups is 1. The van der Waals surface area contributed by atoms with Crippen molar-refractivity contribution in [3.05, 3.63) is 0 Å². The van der Waals surface area contributed by atoms with Gasteiger partial charge in [0.2, 0.25) is 0 Å². The highest BCUT2D eigenvalue weighted by molar-refractivity contribution is 6.23. The average molecular weight is 336 g/mol. The largest absolute Gasteiger partial charge is 0.381 e. The molecule has 2 fully saturated rings. The van der Waals surface area contributed by atoms with Crippen molar-refractivity contribution in [2.75, 3.05) is 54.0 Å². The van der Waals surface area contributed by atoms with Gasteiger partial charge in [0.25, 0.3) is 17.8 Å².